The molecule has 0 unspecified atom stereocenters. The van der Waals surface area contributed by atoms with Crippen molar-refractivity contribution < 1.29 is 18.0 Å². The average molecular weight is 507 g/mol. The van der Waals surface area contributed by atoms with Crippen molar-refractivity contribution in [2.24, 2.45) is 5.41 Å². The second kappa shape index (κ2) is 8.09. The number of aromatic nitrogens is 3. The molecule has 3 aliphatic rings. The number of nitrogens with zero attached hydrogens (tertiary/aromatic N) is 4. The van der Waals surface area contributed by atoms with E-state index in [9.17, 15) is 8.78 Å². The number of halogens is 2. The van der Waals surface area contributed by atoms with Gasteiger partial charge < -0.3 is 14.2 Å². The fourth-order valence-corrected chi connectivity index (χ4v) is 6.62. The molecule has 0 atom stereocenters. The van der Waals surface area contributed by atoms with Gasteiger partial charge in [0, 0.05) is 24.6 Å². The first-order valence-corrected chi connectivity index (χ1v) is 13.1. The van der Waals surface area contributed by atoms with E-state index in [0.29, 0.717) is 28.4 Å². The van der Waals surface area contributed by atoms with Gasteiger partial charge >= 0.3 is 0 Å². The van der Waals surface area contributed by atoms with Crippen molar-refractivity contribution in [3.8, 4) is 17.0 Å². The van der Waals surface area contributed by atoms with E-state index >= 15 is 0 Å². The van der Waals surface area contributed by atoms with Gasteiger partial charge in [-0.25, -0.2) is 13.8 Å². The van der Waals surface area contributed by atoms with Crippen LogP contribution in [0, 0.1) is 17.0 Å². The van der Waals surface area contributed by atoms with E-state index in [4.69, 9.17) is 9.26 Å². The van der Waals surface area contributed by atoms with Crippen LogP contribution in [0.1, 0.15) is 49.3 Å². The molecule has 4 aromatic rings. The van der Waals surface area contributed by atoms with Gasteiger partial charge in [0.25, 0.3) is 0 Å². The maximum atomic E-state index is 14.9. The minimum absolute atomic E-state index is 0.101. The zero-order valence-electron chi connectivity index (χ0n) is 19.8. The number of ether oxygens (including phenoxy) is 1. The molecule has 9 heteroatoms. The van der Waals surface area contributed by atoms with E-state index < -0.39 is 5.82 Å². The summed E-state index contributed by atoms with van der Waals surface area (Å²) in [6.45, 7) is 1.73. The number of rotatable bonds is 5. The maximum Gasteiger partial charge on any atom is 0.186 e. The Morgan fingerprint density at radius 2 is 1.92 bits per heavy atom. The lowest BCUT2D eigenvalue weighted by Crippen LogP contribution is -2.42. The van der Waals surface area contributed by atoms with Crippen LogP contribution < -0.4 is 9.64 Å². The molecule has 3 aromatic heterocycles. The molecule has 184 valence electrons. The fraction of sp³-hybridized carbons (Fsp3) is 0.370. The van der Waals surface area contributed by atoms with Gasteiger partial charge in [-0.05, 0) is 55.2 Å². The van der Waals surface area contributed by atoms with Crippen LogP contribution in [0.15, 0.2) is 41.2 Å². The fourth-order valence-electron chi connectivity index (χ4n) is 5.59. The lowest BCUT2D eigenvalue weighted by atomic mass is 9.63. The Hall–Kier alpha value is -3.33. The number of benzene rings is 1. The molecule has 1 aromatic carbocycles. The monoisotopic (exact) mass is 506 g/mol. The molecule has 4 heterocycles. The molecule has 6 nitrogen and oxygen atoms in total. The molecule has 0 bridgehead atoms. The van der Waals surface area contributed by atoms with Crippen molar-refractivity contribution in [3.63, 3.8) is 0 Å². The summed E-state index contributed by atoms with van der Waals surface area (Å²) >= 11 is 1.55. The third-order valence-electron chi connectivity index (χ3n) is 7.72. The molecule has 0 amide bonds. The summed E-state index contributed by atoms with van der Waals surface area (Å²) < 4.78 is 41.1. The number of para-hydroxylation sites is 1. The predicted octanol–water partition coefficient (Wildman–Crippen LogP) is 6.58. The van der Waals surface area contributed by atoms with Crippen molar-refractivity contribution in [1.29, 1.82) is 0 Å². The number of hydrogen-bond donors (Lipinski definition) is 0. The van der Waals surface area contributed by atoms with Crippen LogP contribution in [0.5, 0.6) is 5.75 Å². The van der Waals surface area contributed by atoms with Crippen molar-refractivity contribution in [2.75, 3.05) is 25.1 Å². The highest BCUT2D eigenvalue weighted by atomic mass is 32.1. The zero-order chi connectivity index (χ0) is 24.4. The summed E-state index contributed by atoms with van der Waals surface area (Å²) in [7, 11) is 1.51. The quantitative estimate of drug-likeness (QED) is 0.305. The van der Waals surface area contributed by atoms with Crippen LogP contribution in [-0.4, -0.2) is 35.3 Å². The summed E-state index contributed by atoms with van der Waals surface area (Å²) in [4.78, 5) is 10.8. The number of fused-ring (bicyclic) bond motifs is 1. The van der Waals surface area contributed by atoms with E-state index in [0.717, 1.165) is 66.3 Å². The summed E-state index contributed by atoms with van der Waals surface area (Å²) in [5.41, 5.74) is 3.46. The van der Waals surface area contributed by atoms with Crippen LogP contribution in [0.2, 0.25) is 0 Å². The van der Waals surface area contributed by atoms with Gasteiger partial charge in [-0.2, -0.15) is 0 Å². The van der Waals surface area contributed by atoms with E-state index in [1.165, 1.54) is 31.1 Å². The molecule has 2 fully saturated rings. The number of pyridine rings is 1. The Kier molecular flexibility index (Phi) is 4.93. The SMILES string of the molecule is COc1cncc(F)c1-c1noc(C2CC2)c1C1=CC2(CCN(c3nc4c(F)cccc4s3)CC2)C1. The van der Waals surface area contributed by atoms with E-state index in [2.05, 4.69) is 26.1 Å². The predicted molar refractivity (Wildman–Crippen MR) is 134 cm³/mol. The Morgan fingerprint density at radius 1 is 1.11 bits per heavy atom. The van der Waals surface area contributed by atoms with Crippen LogP contribution in [0.4, 0.5) is 13.9 Å². The number of hydrogen-bond acceptors (Lipinski definition) is 7. The lowest BCUT2D eigenvalue weighted by Gasteiger charge is -2.46. The standard InChI is InChI=1S/C27H24F2N4O2S/c1-34-19-14-30-13-18(29)22(19)24-21(25(35-32-24)15-5-6-15)16-11-27(12-16)7-9-33(10-8-27)26-31-23-17(28)3-2-4-20(23)36-26/h2-4,11,13-15H,5-10,12H2,1H3. The Balaban J connectivity index is 1.17. The van der Waals surface area contributed by atoms with Gasteiger partial charge in [0.15, 0.2) is 10.9 Å². The smallest absolute Gasteiger partial charge is 0.186 e. The zero-order valence-corrected chi connectivity index (χ0v) is 20.6. The summed E-state index contributed by atoms with van der Waals surface area (Å²) in [6.07, 6.45) is 10.0. The second-order valence-electron chi connectivity index (χ2n) is 10.0. The Morgan fingerprint density at radius 3 is 2.64 bits per heavy atom. The number of methoxy groups -OCH3 is 1. The van der Waals surface area contributed by atoms with Crippen LogP contribution in [0.25, 0.3) is 27.0 Å². The van der Waals surface area contributed by atoms with Crippen molar-refractivity contribution in [3.05, 3.63) is 59.6 Å². The highest BCUT2D eigenvalue weighted by molar-refractivity contribution is 7.22. The molecule has 2 aliphatic carbocycles. The van der Waals surface area contributed by atoms with Crippen molar-refractivity contribution >= 4 is 32.3 Å². The first kappa shape index (κ1) is 21.9. The normalized spacial score (nSPS) is 19.0. The molecule has 1 saturated carbocycles. The Labute approximate surface area is 210 Å². The number of thiazole rings is 1. The second-order valence-corrected chi connectivity index (χ2v) is 11.0. The number of allylic oxidation sites excluding steroid dienone is 2. The number of piperidine rings is 1. The topological polar surface area (TPSA) is 64.3 Å². The van der Waals surface area contributed by atoms with Gasteiger partial charge in [0.1, 0.15) is 28.5 Å². The van der Waals surface area contributed by atoms with Crippen LogP contribution >= 0.6 is 11.3 Å². The molecule has 0 radical (unpaired) electrons. The third kappa shape index (κ3) is 3.43. The maximum absolute atomic E-state index is 14.9. The molecule has 36 heavy (non-hydrogen) atoms. The van der Waals surface area contributed by atoms with Crippen LogP contribution in [0.3, 0.4) is 0 Å². The van der Waals surface area contributed by atoms with Crippen LogP contribution in [-0.2, 0) is 0 Å². The van der Waals surface area contributed by atoms with Gasteiger partial charge in [-0.1, -0.05) is 28.6 Å². The minimum Gasteiger partial charge on any atom is -0.494 e. The molecule has 0 N–H and O–H groups in total. The minimum atomic E-state index is -0.471. The van der Waals surface area contributed by atoms with Crippen molar-refractivity contribution in [1.82, 2.24) is 15.1 Å². The molecule has 1 spiro atoms. The lowest BCUT2D eigenvalue weighted by molar-refractivity contribution is 0.277. The van der Waals surface area contributed by atoms with Gasteiger partial charge in [0.2, 0.25) is 0 Å². The highest BCUT2D eigenvalue weighted by Gasteiger charge is 2.44. The molecular weight excluding hydrogens is 482 g/mol. The van der Waals surface area contributed by atoms with Gasteiger partial charge in [0.05, 0.1) is 29.8 Å². The first-order chi connectivity index (χ1) is 17.5. The first-order valence-electron chi connectivity index (χ1n) is 12.2. The van der Waals surface area contributed by atoms with E-state index in [-0.39, 0.29) is 11.2 Å². The summed E-state index contributed by atoms with van der Waals surface area (Å²) in [5.74, 6) is 0.811. The highest BCUT2D eigenvalue weighted by Crippen LogP contribution is 2.56. The molecular formula is C27H24F2N4O2S. The summed E-state index contributed by atoms with van der Waals surface area (Å²) in [6, 6.07) is 5.11. The molecule has 7 rings (SSSR count). The van der Waals surface area contributed by atoms with Gasteiger partial charge in [-0.15, -0.1) is 0 Å². The number of anilines is 1. The molecule has 1 aliphatic heterocycles. The van der Waals surface area contributed by atoms with Gasteiger partial charge in [-0.3, -0.25) is 4.98 Å². The Bertz CT molecular complexity index is 1520. The average Bonchev–Trinajstić information content (AvgIpc) is 3.47. The van der Waals surface area contributed by atoms with E-state index in [1.807, 2.05) is 6.07 Å². The molecule has 1 saturated heterocycles. The van der Waals surface area contributed by atoms with E-state index in [1.54, 1.807) is 17.4 Å². The third-order valence-corrected chi connectivity index (χ3v) is 8.80. The summed E-state index contributed by atoms with van der Waals surface area (Å²) in [5, 5.41) is 5.20. The largest absolute Gasteiger partial charge is 0.494 e. The van der Waals surface area contributed by atoms with Crippen molar-refractivity contribution in [2.45, 2.75) is 38.0 Å².